The number of rotatable bonds is 4. The Morgan fingerprint density at radius 3 is 2.33 bits per heavy atom. The minimum Gasteiger partial charge on any atom is -0.396 e. The number of ether oxygens (including phenoxy) is 1. The molecule has 0 saturated heterocycles. The summed E-state index contributed by atoms with van der Waals surface area (Å²) in [5, 5.41) is 8.57. The van der Waals surface area contributed by atoms with E-state index in [0.717, 1.165) is 13.0 Å². The Labute approximate surface area is 74.9 Å². The Bertz CT molecular complexity index is 96.0. The normalized spacial score (nSPS) is 20.8. The highest BCUT2D eigenvalue weighted by molar-refractivity contribution is 4.63. The Kier molecular flexibility index (Phi) is 5.37. The molecule has 1 rings (SSSR count). The molecule has 2 nitrogen and oxygen atoms in total. The van der Waals surface area contributed by atoms with Crippen molar-refractivity contribution in [2.24, 2.45) is 0 Å². The molecular formula is C10H20O2. The molecule has 1 fully saturated rings. The molecular weight excluding hydrogens is 152 g/mol. The van der Waals surface area contributed by atoms with Gasteiger partial charge >= 0.3 is 0 Å². The largest absolute Gasteiger partial charge is 0.396 e. The van der Waals surface area contributed by atoms with Crippen LogP contribution in [0.4, 0.5) is 0 Å². The van der Waals surface area contributed by atoms with Crippen LogP contribution in [-0.2, 0) is 4.74 Å². The summed E-state index contributed by atoms with van der Waals surface area (Å²) in [6.45, 7) is 0.994. The lowest BCUT2D eigenvalue weighted by Crippen LogP contribution is -2.12. The summed E-state index contributed by atoms with van der Waals surface area (Å²) in [5.74, 6) is 0. The molecule has 12 heavy (non-hydrogen) atoms. The van der Waals surface area contributed by atoms with Crippen LogP contribution in [0.1, 0.15) is 44.9 Å². The first-order chi connectivity index (χ1) is 5.93. The van der Waals surface area contributed by atoms with Crippen molar-refractivity contribution in [1.29, 1.82) is 0 Å². The van der Waals surface area contributed by atoms with Crippen molar-refractivity contribution in [3.8, 4) is 0 Å². The second-order valence-electron chi connectivity index (χ2n) is 3.56. The number of hydrogen-bond donors (Lipinski definition) is 1. The molecule has 1 N–H and O–H groups in total. The Morgan fingerprint density at radius 2 is 1.75 bits per heavy atom. The van der Waals surface area contributed by atoms with E-state index < -0.39 is 0 Å². The molecule has 0 heterocycles. The van der Waals surface area contributed by atoms with Crippen molar-refractivity contribution in [2.75, 3.05) is 13.2 Å². The molecule has 0 spiro atoms. The van der Waals surface area contributed by atoms with Gasteiger partial charge < -0.3 is 9.84 Å². The number of aliphatic hydroxyl groups excluding tert-OH is 1. The zero-order chi connectivity index (χ0) is 8.65. The third kappa shape index (κ3) is 4.07. The highest BCUT2D eigenvalue weighted by Gasteiger charge is 2.11. The molecule has 0 atom stereocenters. The van der Waals surface area contributed by atoms with E-state index in [9.17, 15) is 0 Å². The second-order valence-corrected chi connectivity index (χ2v) is 3.56. The summed E-state index contributed by atoms with van der Waals surface area (Å²) in [5.41, 5.74) is 0. The molecule has 2 heteroatoms. The minimum absolute atomic E-state index is 0.257. The summed E-state index contributed by atoms with van der Waals surface area (Å²) in [4.78, 5) is 0. The van der Waals surface area contributed by atoms with Crippen LogP contribution in [0.3, 0.4) is 0 Å². The van der Waals surface area contributed by atoms with Crippen LogP contribution >= 0.6 is 0 Å². The molecule has 0 aromatic rings. The average Bonchev–Trinajstić information content (AvgIpc) is 2.33. The average molecular weight is 172 g/mol. The molecule has 0 aromatic heterocycles. The molecule has 1 aliphatic rings. The van der Waals surface area contributed by atoms with Gasteiger partial charge in [-0.1, -0.05) is 25.7 Å². The number of aliphatic hydroxyl groups is 1. The lowest BCUT2D eigenvalue weighted by Gasteiger charge is -2.14. The van der Waals surface area contributed by atoms with E-state index in [1.807, 2.05) is 0 Å². The summed E-state index contributed by atoms with van der Waals surface area (Å²) < 4.78 is 5.64. The Hall–Kier alpha value is -0.0800. The van der Waals surface area contributed by atoms with Crippen molar-refractivity contribution < 1.29 is 9.84 Å². The molecule has 0 unspecified atom stereocenters. The Morgan fingerprint density at radius 1 is 1.08 bits per heavy atom. The molecule has 1 aliphatic carbocycles. The maximum Gasteiger partial charge on any atom is 0.0575 e. The smallest absolute Gasteiger partial charge is 0.0575 e. The van der Waals surface area contributed by atoms with Crippen molar-refractivity contribution >= 4 is 0 Å². The standard InChI is InChI=1S/C10H20O2/c11-8-5-9-12-10-6-3-1-2-4-7-10/h10-11H,1-9H2. The summed E-state index contributed by atoms with van der Waals surface area (Å²) in [7, 11) is 0. The van der Waals surface area contributed by atoms with E-state index in [0.29, 0.717) is 6.10 Å². The van der Waals surface area contributed by atoms with E-state index in [4.69, 9.17) is 9.84 Å². The van der Waals surface area contributed by atoms with Gasteiger partial charge in [-0.3, -0.25) is 0 Å². The topological polar surface area (TPSA) is 29.5 Å². The fraction of sp³-hybridized carbons (Fsp3) is 1.00. The molecule has 72 valence electrons. The first kappa shape index (κ1) is 10.0. The van der Waals surface area contributed by atoms with Crippen molar-refractivity contribution in [1.82, 2.24) is 0 Å². The molecule has 0 bridgehead atoms. The minimum atomic E-state index is 0.257. The van der Waals surface area contributed by atoms with E-state index >= 15 is 0 Å². The van der Waals surface area contributed by atoms with Crippen molar-refractivity contribution in [3.63, 3.8) is 0 Å². The van der Waals surface area contributed by atoms with Crippen LogP contribution in [0, 0.1) is 0 Å². The van der Waals surface area contributed by atoms with E-state index in [-0.39, 0.29) is 6.61 Å². The van der Waals surface area contributed by atoms with Gasteiger partial charge in [-0.2, -0.15) is 0 Å². The molecule has 1 saturated carbocycles. The SMILES string of the molecule is OCCCOC1CCCCCC1. The fourth-order valence-corrected chi connectivity index (χ4v) is 1.72. The van der Waals surface area contributed by atoms with Gasteiger partial charge in [-0.05, 0) is 19.3 Å². The van der Waals surface area contributed by atoms with Gasteiger partial charge in [0.05, 0.1) is 6.10 Å². The van der Waals surface area contributed by atoms with Crippen LogP contribution in [0.15, 0.2) is 0 Å². The third-order valence-electron chi connectivity index (χ3n) is 2.46. The molecule has 0 amide bonds. The Balaban J connectivity index is 2.04. The third-order valence-corrected chi connectivity index (χ3v) is 2.46. The van der Waals surface area contributed by atoms with Gasteiger partial charge in [-0.25, -0.2) is 0 Å². The van der Waals surface area contributed by atoms with Crippen LogP contribution in [0.5, 0.6) is 0 Å². The predicted molar refractivity (Wildman–Crippen MR) is 49.1 cm³/mol. The number of hydrogen-bond acceptors (Lipinski definition) is 2. The van der Waals surface area contributed by atoms with Crippen LogP contribution in [0.2, 0.25) is 0 Å². The summed E-state index contributed by atoms with van der Waals surface area (Å²) >= 11 is 0. The highest BCUT2D eigenvalue weighted by Crippen LogP contribution is 2.19. The fourth-order valence-electron chi connectivity index (χ4n) is 1.72. The molecule has 0 aromatic carbocycles. The summed E-state index contributed by atoms with van der Waals surface area (Å²) in [6, 6.07) is 0. The molecule has 0 radical (unpaired) electrons. The first-order valence-electron chi connectivity index (χ1n) is 5.16. The van der Waals surface area contributed by atoms with Gasteiger partial charge in [0.2, 0.25) is 0 Å². The van der Waals surface area contributed by atoms with Gasteiger partial charge in [0.1, 0.15) is 0 Å². The van der Waals surface area contributed by atoms with Crippen molar-refractivity contribution in [2.45, 2.75) is 51.0 Å². The van der Waals surface area contributed by atoms with Gasteiger partial charge in [0.25, 0.3) is 0 Å². The monoisotopic (exact) mass is 172 g/mol. The maximum atomic E-state index is 8.57. The zero-order valence-corrected chi connectivity index (χ0v) is 7.80. The lowest BCUT2D eigenvalue weighted by molar-refractivity contribution is 0.0350. The van der Waals surface area contributed by atoms with Crippen LogP contribution in [-0.4, -0.2) is 24.4 Å². The van der Waals surface area contributed by atoms with Gasteiger partial charge in [0, 0.05) is 13.2 Å². The highest BCUT2D eigenvalue weighted by atomic mass is 16.5. The zero-order valence-electron chi connectivity index (χ0n) is 7.80. The van der Waals surface area contributed by atoms with Gasteiger partial charge in [0.15, 0.2) is 0 Å². The quantitative estimate of drug-likeness (QED) is 0.520. The maximum absolute atomic E-state index is 8.57. The van der Waals surface area contributed by atoms with E-state index in [1.54, 1.807) is 0 Å². The second kappa shape index (κ2) is 6.44. The summed E-state index contributed by atoms with van der Waals surface area (Å²) in [6.07, 6.45) is 9.12. The first-order valence-corrected chi connectivity index (χ1v) is 5.16. The van der Waals surface area contributed by atoms with E-state index in [2.05, 4.69) is 0 Å². The predicted octanol–water partition coefficient (Wildman–Crippen LogP) is 2.11. The van der Waals surface area contributed by atoms with E-state index in [1.165, 1.54) is 38.5 Å². The molecule has 0 aliphatic heterocycles. The van der Waals surface area contributed by atoms with Gasteiger partial charge in [-0.15, -0.1) is 0 Å². The van der Waals surface area contributed by atoms with Crippen LogP contribution < -0.4 is 0 Å². The van der Waals surface area contributed by atoms with Crippen molar-refractivity contribution in [3.05, 3.63) is 0 Å². The lowest BCUT2D eigenvalue weighted by atomic mass is 10.1. The van der Waals surface area contributed by atoms with Crippen LogP contribution in [0.25, 0.3) is 0 Å².